The monoisotopic (exact) mass is 195 g/mol. The molecule has 0 bridgehead atoms. The Hall–Kier alpha value is -0.870. The van der Waals surface area contributed by atoms with Crippen LogP contribution >= 0.6 is 0 Å². The highest BCUT2D eigenvalue weighted by molar-refractivity contribution is 5.12. The standard InChI is InChI=1S/C10H17N3O/c11-8-3-1-5-13-9(8)7-12-10(13)4-2-6-14/h7-8,14H,1-6,11H2. The fourth-order valence-electron chi connectivity index (χ4n) is 2.04. The van der Waals surface area contributed by atoms with Crippen LogP contribution in [-0.4, -0.2) is 21.3 Å². The van der Waals surface area contributed by atoms with Crippen LogP contribution in [0.1, 0.15) is 36.8 Å². The van der Waals surface area contributed by atoms with E-state index in [1.807, 2.05) is 6.20 Å². The number of hydrogen-bond donors (Lipinski definition) is 2. The predicted molar refractivity (Wildman–Crippen MR) is 53.8 cm³/mol. The first-order chi connectivity index (χ1) is 6.83. The minimum atomic E-state index is 0.152. The van der Waals surface area contributed by atoms with Crippen LogP contribution in [0.2, 0.25) is 0 Å². The van der Waals surface area contributed by atoms with Crippen molar-refractivity contribution in [2.75, 3.05) is 6.61 Å². The van der Waals surface area contributed by atoms with E-state index in [4.69, 9.17) is 10.8 Å². The summed E-state index contributed by atoms with van der Waals surface area (Å²) in [6.45, 7) is 1.26. The third-order valence-electron chi connectivity index (χ3n) is 2.80. The molecule has 14 heavy (non-hydrogen) atoms. The first-order valence-corrected chi connectivity index (χ1v) is 5.23. The summed E-state index contributed by atoms with van der Waals surface area (Å²) in [4.78, 5) is 4.36. The molecule has 3 N–H and O–H groups in total. The Kier molecular flexibility index (Phi) is 2.84. The van der Waals surface area contributed by atoms with Gasteiger partial charge in [0.05, 0.1) is 11.9 Å². The fraction of sp³-hybridized carbons (Fsp3) is 0.700. The van der Waals surface area contributed by atoms with Gasteiger partial charge >= 0.3 is 0 Å². The predicted octanol–water partition coefficient (Wildman–Crippen LogP) is 0.602. The fourth-order valence-corrected chi connectivity index (χ4v) is 2.04. The van der Waals surface area contributed by atoms with E-state index in [1.54, 1.807) is 0 Å². The third kappa shape index (κ3) is 1.67. The molecular formula is C10H17N3O. The average Bonchev–Trinajstić information content (AvgIpc) is 2.60. The van der Waals surface area contributed by atoms with Gasteiger partial charge in [-0.05, 0) is 19.3 Å². The van der Waals surface area contributed by atoms with E-state index in [2.05, 4.69) is 9.55 Å². The van der Waals surface area contributed by atoms with Crippen molar-refractivity contribution in [3.63, 3.8) is 0 Å². The van der Waals surface area contributed by atoms with E-state index in [1.165, 1.54) is 0 Å². The van der Waals surface area contributed by atoms with E-state index in [9.17, 15) is 0 Å². The van der Waals surface area contributed by atoms with E-state index < -0.39 is 0 Å². The summed E-state index contributed by atoms with van der Waals surface area (Å²) in [7, 11) is 0. The van der Waals surface area contributed by atoms with Crippen LogP contribution < -0.4 is 5.73 Å². The maximum absolute atomic E-state index is 8.76. The molecule has 2 rings (SSSR count). The first kappa shape index (κ1) is 9.68. The van der Waals surface area contributed by atoms with Gasteiger partial charge in [-0.2, -0.15) is 0 Å². The van der Waals surface area contributed by atoms with Crippen molar-refractivity contribution in [1.29, 1.82) is 0 Å². The van der Waals surface area contributed by atoms with Gasteiger partial charge in [-0.15, -0.1) is 0 Å². The molecule has 0 saturated carbocycles. The van der Waals surface area contributed by atoms with Crippen molar-refractivity contribution in [2.24, 2.45) is 5.73 Å². The Morgan fingerprint density at radius 1 is 1.64 bits per heavy atom. The summed E-state index contributed by atoms with van der Waals surface area (Å²) in [5.41, 5.74) is 7.13. The highest BCUT2D eigenvalue weighted by Crippen LogP contribution is 2.24. The smallest absolute Gasteiger partial charge is 0.108 e. The van der Waals surface area contributed by atoms with Gasteiger partial charge in [-0.1, -0.05) is 0 Å². The molecule has 0 amide bonds. The molecule has 2 heterocycles. The van der Waals surface area contributed by atoms with Crippen molar-refractivity contribution in [3.8, 4) is 0 Å². The van der Waals surface area contributed by atoms with E-state index in [0.29, 0.717) is 0 Å². The molecule has 78 valence electrons. The number of imidazole rings is 1. The lowest BCUT2D eigenvalue weighted by Crippen LogP contribution is -2.22. The van der Waals surface area contributed by atoms with Crippen LogP contribution in [0, 0.1) is 0 Å². The summed E-state index contributed by atoms with van der Waals surface area (Å²) >= 11 is 0. The highest BCUT2D eigenvalue weighted by atomic mass is 16.2. The molecule has 0 radical (unpaired) electrons. The minimum Gasteiger partial charge on any atom is -0.396 e. The van der Waals surface area contributed by atoms with Crippen molar-refractivity contribution in [2.45, 2.75) is 38.3 Å². The maximum Gasteiger partial charge on any atom is 0.108 e. The lowest BCUT2D eigenvalue weighted by Gasteiger charge is -2.21. The van der Waals surface area contributed by atoms with Crippen LogP contribution in [0.15, 0.2) is 6.20 Å². The Labute approximate surface area is 83.8 Å². The molecule has 0 fully saturated rings. The Morgan fingerprint density at radius 2 is 2.50 bits per heavy atom. The number of fused-ring (bicyclic) bond motifs is 1. The molecule has 1 aliphatic heterocycles. The number of aromatic nitrogens is 2. The molecular weight excluding hydrogens is 178 g/mol. The van der Waals surface area contributed by atoms with Crippen molar-refractivity contribution in [3.05, 3.63) is 17.7 Å². The van der Waals surface area contributed by atoms with Crippen molar-refractivity contribution >= 4 is 0 Å². The van der Waals surface area contributed by atoms with Crippen LogP contribution in [0.5, 0.6) is 0 Å². The molecule has 1 aromatic rings. The third-order valence-corrected chi connectivity index (χ3v) is 2.80. The maximum atomic E-state index is 8.76. The van der Waals surface area contributed by atoms with Gasteiger partial charge in [0.2, 0.25) is 0 Å². The van der Waals surface area contributed by atoms with Crippen molar-refractivity contribution in [1.82, 2.24) is 9.55 Å². The molecule has 4 heteroatoms. The quantitative estimate of drug-likeness (QED) is 0.742. The number of hydrogen-bond acceptors (Lipinski definition) is 3. The van der Waals surface area contributed by atoms with E-state index >= 15 is 0 Å². The molecule has 1 atom stereocenters. The van der Waals surface area contributed by atoms with E-state index in [-0.39, 0.29) is 12.6 Å². The molecule has 1 aromatic heterocycles. The Morgan fingerprint density at radius 3 is 3.29 bits per heavy atom. The number of aliphatic hydroxyl groups is 1. The molecule has 0 saturated heterocycles. The zero-order valence-corrected chi connectivity index (χ0v) is 8.32. The molecule has 0 spiro atoms. The van der Waals surface area contributed by atoms with Crippen molar-refractivity contribution < 1.29 is 5.11 Å². The molecule has 1 unspecified atom stereocenters. The minimum absolute atomic E-state index is 0.152. The Bertz CT molecular complexity index is 308. The number of aliphatic hydroxyl groups excluding tert-OH is 1. The second kappa shape index (κ2) is 4.11. The Balaban J connectivity index is 2.18. The number of rotatable bonds is 3. The van der Waals surface area contributed by atoms with Crippen LogP contribution in [-0.2, 0) is 13.0 Å². The highest BCUT2D eigenvalue weighted by Gasteiger charge is 2.19. The molecule has 0 aliphatic carbocycles. The van der Waals surface area contributed by atoms with Gasteiger partial charge in [0.1, 0.15) is 5.82 Å². The second-order valence-electron chi connectivity index (χ2n) is 3.83. The van der Waals surface area contributed by atoms with Gasteiger partial charge in [0.25, 0.3) is 0 Å². The number of nitrogens with zero attached hydrogens (tertiary/aromatic N) is 2. The summed E-state index contributed by atoms with van der Waals surface area (Å²) < 4.78 is 2.21. The zero-order valence-electron chi connectivity index (χ0n) is 8.32. The largest absolute Gasteiger partial charge is 0.396 e. The normalized spacial score (nSPS) is 20.9. The van der Waals surface area contributed by atoms with Crippen LogP contribution in [0.25, 0.3) is 0 Å². The zero-order chi connectivity index (χ0) is 9.97. The molecule has 4 nitrogen and oxygen atoms in total. The average molecular weight is 195 g/mol. The number of nitrogens with two attached hydrogens (primary N) is 1. The van der Waals surface area contributed by atoms with Gasteiger partial charge in [0, 0.05) is 25.6 Å². The second-order valence-corrected chi connectivity index (χ2v) is 3.83. The number of aryl methyl sites for hydroxylation is 1. The van der Waals surface area contributed by atoms with Gasteiger partial charge in [-0.3, -0.25) is 0 Å². The molecule has 1 aliphatic rings. The summed E-state index contributed by atoms with van der Waals surface area (Å²) in [5, 5.41) is 8.76. The SMILES string of the molecule is NC1CCCn2c1cnc2CCCO. The topological polar surface area (TPSA) is 64.1 Å². The summed E-state index contributed by atoms with van der Waals surface area (Å²) in [5.74, 6) is 1.07. The van der Waals surface area contributed by atoms with Crippen LogP contribution in [0.3, 0.4) is 0 Å². The summed E-state index contributed by atoms with van der Waals surface area (Å²) in [6.07, 6.45) is 5.72. The first-order valence-electron chi connectivity index (χ1n) is 5.23. The summed E-state index contributed by atoms with van der Waals surface area (Å²) in [6, 6.07) is 0.152. The van der Waals surface area contributed by atoms with Gasteiger partial charge < -0.3 is 15.4 Å². The lowest BCUT2D eigenvalue weighted by molar-refractivity contribution is 0.286. The van der Waals surface area contributed by atoms with Gasteiger partial charge in [0.15, 0.2) is 0 Å². The molecule has 0 aromatic carbocycles. The lowest BCUT2D eigenvalue weighted by atomic mass is 10.1. The van der Waals surface area contributed by atoms with E-state index in [0.717, 1.165) is 43.7 Å². The van der Waals surface area contributed by atoms with Gasteiger partial charge in [-0.25, -0.2) is 4.98 Å². The van der Waals surface area contributed by atoms with Crippen LogP contribution in [0.4, 0.5) is 0 Å².